The van der Waals surface area contributed by atoms with E-state index in [0.717, 1.165) is 32.5 Å². The molecule has 1 N–H and O–H groups in total. The van der Waals surface area contributed by atoms with Crippen LogP contribution in [0, 0.1) is 6.92 Å². The van der Waals surface area contributed by atoms with E-state index in [-0.39, 0.29) is 6.04 Å². The van der Waals surface area contributed by atoms with E-state index in [2.05, 4.69) is 40.4 Å². The van der Waals surface area contributed by atoms with Crippen molar-refractivity contribution in [3.8, 4) is 17.1 Å². The fourth-order valence-corrected chi connectivity index (χ4v) is 2.97. The van der Waals surface area contributed by atoms with Crippen molar-refractivity contribution in [1.82, 2.24) is 9.55 Å². The number of fused-ring (bicyclic) bond motifs is 1. The molecule has 0 radical (unpaired) electrons. The Hall–Kier alpha value is -1.81. The largest absolute Gasteiger partial charge is 0.507 e. The molecule has 3 aromatic rings. The van der Waals surface area contributed by atoms with Gasteiger partial charge < -0.3 is 9.67 Å². The first-order valence-electron chi connectivity index (χ1n) is 6.95. The maximum atomic E-state index is 10.4. The summed E-state index contributed by atoms with van der Waals surface area (Å²) < 4.78 is 3.17. The molecule has 3 nitrogen and oxygen atoms in total. The van der Waals surface area contributed by atoms with Crippen molar-refractivity contribution in [2.45, 2.75) is 26.8 Å². The second-order valence-corrected chi connectivity index (χ2v) is 6.42. The summed E-state index contributed by atoms with van der Waals surface area (Å²) in [7, 11) is 0. The molecular formula is C17H17BrN2O. The van der Waals surface area contributed by atoms with E-state index >= 15 is 0 Å². The number of aromatic nitrogens is 2. The van der Waals surface area contributed by atoms with Crippen LogP contribution in [0.5, 0.6) is 5.75 Å². The van der Waals surface area contributed by atoms with Gasteiger partial charge in [0.2, 0.25) is 0 Å². The number of halogens is 1. The zero-order valence-electron chi connectivity index (χ0n) is 12.3. The molecule has 0 spiro atoms. The van der Waals surface area contributed by atoms with Gasteiger partial charge in [-0.25, -0.2) is 4.98 Å². The highest BCUT2D eigenvalue weighted by Crippen LogP contribution is 2.35. The quantitative estimate of drug-likeness (QED) is 0.705. The van der Waals surface area contributed by atoms with Crippen LogP contribution in [0.3, 0.4) is 0 Å². The minimum atomic E-state index is 0.256. The van der Waals surface area contributed by atoms with E-state index in [1.54, 1.807) is 0 Å². The van der Waals surface area contributed by atoms with Crippen LogP contribution >= 0.6 is 15.9 Å². The minimum Gasteiger partial charge on any atom is -0.507 e. The summed E-state index contributed by atoms with van der Waals surface area (Å²) in [5.74, 6) is 1.10. The SMILES string of the molecule is Cc1cccc(-c2nc3cc(Br)ccc3n2C(C)C)c1O. The number of phenolic OH excluding ortho intramolecular Hbond substituents is 1. The molecule has 0 saturated carbocycles. The molecule has 0 aliphatic rings. The summed E-state index contributed by atoms with van der Waals surface area (Å²) in [6, 6.07) is 12.1. The molecule has 0 atom stereocenters. The van der Waals surface area contributed by atoms with Crippen LogP contribution in [0.25, 0.3) is 22.4 Å². The van der Waals surface area contributed by atoms with Gasteiger partial charge in [0, 0.05) is 10.5 Å². The summed E-state index contributed by atoms with van der Waals surface area (Å²) in [5, 5.41) is 10.4. The molecule has 0 bridgehead atoms. The van der Waals surface area contributed by atoms with Gasteiger partial charge >= 0.3 is 0 Å². The number of imidazole rings is 1. The van der Waals surface area contributed by atoms with Gasteiger partial charge in [0.05, 0.1) is 16.6 Å². The van der Waals surface area contributed by atoms with Gasteiger partial charge in [-0.1, -0.05) is 28.1 Å². The maximum Gasteiger partial charge on any atom is 0.145 e. The van der Waals surface area contributed by atoms with Crippen molar-refractivity contribution in [3.63, 3.8) is 0 Å². The molecule has 108 valence electrons. The van der Waals surface area contributed by atoms with Gasteiger partial charge in [-0.2, -0.15) is 0 Å². The van der Waals surface area contributed by atoms with E-state index in [1.165, 1.54) is 0 Å². The summed E-state index contributed by atoms with van der Waals surface area (Å²) in [5.41, 5.74) is 3.63. The number of phenols is 1. The lowest BCUT2D eigenvalue weighted by Gasteiger charge is -2.14. The lowest BCUT2D eigenvalue weighted by molar-refractivity contribution is 0.472. The van der Waals surface area contributed by atoms with Crippen LogP contribution in [-0.2, 0) is 0 Å². The summed E-state index contributed by atoms with van der Waals surface area (Å²) in [4.78, 5) is 4.74. The Balaban J connectivity index is 2.36. The smallest absolute Gasteiger partial charge is 0.145 e. The van der Waals surface area contributed by atoms with Crippen LogP contribution in [0.1, 0.15) is 25.5 Å². The number of hydrogen-bond donors (Lipinski definition) is 1. The Bertz CT molecular complexity index is 821. The average molecular weight is 345 g/mol. The number of hydrogen-bond acceptors (Lipinski definition) is 2. The molecule has 0 fully saturated rings. The number of benzene rings is 2. The Morgan fingerprint density at radius 1 is 1.19 bits per heavy atom. The fourth-order valence-electron chi connectivity index (χ4n) is 2.62. The standard InChI is InChI=1S/C17H17BrN2O/c1-10(2)20-15-8-7-12(18)9-14(15)19-17(20)13-6-4-5-11(3)16(13)21/h4-10,21H,1-3H3. The molecule has 0 aliphatic carbocycles. The van der Waals surface area contributed by atoms with Gasteiger partial charge in [-0.15, -0.1) is 0 Å². The van der Waals surface area contributed by atoms with E-state index in [9.17, 15) is 5.11 Å². The second kappa shape index (κ2) is 5.19. The molecule has 0 aliphatic heterocycles. The molecule has 1 heterocycles. The van der Waals surface area contributed by atoms with Gasteiger partial charge in [-0.05, 0) is 50.6 Å². The van der Waals surface area contributed by atoms with E-state index in [4.69, 9.17) is 4.98 Å². The van der Waals surface area contributed by atoms with Crippen molar-refractivity contribution in [2.75, 3.05) is 0 Å². The van der Waals surface area contributed by atoms with Crippen LogP contribution in [0.15, 0.2) is 40.9 Å². The molecule has 21 heavy (non-hydrogen) atoms. The van der Waals surface area contributed by atoms with Crippen molar-refractivity contribution in [3.05, 3.63) is 46.4 Å². The highest BCUT2D eigenvalue weighted by Gasteiger charge is 2.18. The lowest BCUT2D eigenvalue weighted by Crippen LogP contribution is -2.03. The fraction of sp³-hybridized carbons (Fsp3) is 0.235. The van der Waals surface area contributed by atoms with Crippen LogP contribution in [-0.4, -0.2) is 14.7 Å². The van der Waals surface area contributed by atoms with E-state index in [1.807, 2.05) is 37.3 Å². The Morgan fingerprint density at radius 2 is 1.95 bits per heavy atom. The zero-order chi connectivity index (χ0) is 15.1. The molecule has 2 aromatic carbocycles. The van der Waals surface area contributed by atoms with Crippen molar-refractivity contribution < 1.29 is 5.11 Å². The Kier molecular flexibility index (Phi) is 3.49. The molecule has 3 rings (SSSR count). The predicted molar refractivity (Wildman–Crippen MR) is 89.7 cm³/mol. The molecule has 4 heteroatoms. The third-order valence-corrected chi connectivity index (χ3v) is 4.14. The molecule has 0 unspecified atom stereocenters. The number of nitrogens with zero attached hydrogens (tertiary/aromatic N) is 2. The topological polar surface area (TPSA) is 38.0 Å². The maximum absolute atomic E-state index is 10.4. The van der Waals surface area contributed by atoms with Crippen LogP contribution < -0.4 is 0 Å². The van der Waals surface area contributed by atoms with Gasteiger partial charge in [-0.3, -0.25) is 0 Å². The number of aryl methyl sites for hydroxylation is 1. The van der Waals surface area contributed by atoms with Gasteiger partial charge in [0.15, 0.2) is 0 Å². The lowest BCUT2D eigenvalue weighted by atomic mass is 10.1. The first-order valence-corrected chi connectivity index (χ1v) is 7.74. The molecule has 0 saturated heterocycles. The van der Waals surface area contributed by atoms with Crippen molar-refractivity contribution in [1.29, 1.82) is 0 Å². The molecule has 1 aromatic heterocycles. The summed E-state index contributed by atoms with van der Waals surface area (Å²) >= 11 is 3.49. The number of para-hydroxylation sites is 1. The minimum absolute atomic E-state index is 0.256. The normalized spacial score (nSPS) is 11.5. The predicted octanol–water partition coefficient (Wildman–Crippen LogP) is 5.06. The van der Waals surface area contributed by atoms with Gasteiger partial charge in [0.1, 0.15) is 11.6 Å². The number of rotatable bonds is 2. The molecule has 0 amide bonds. The van der Waals surface area contributed by atoms with Gasteiger partial charge in [0.25, 0.3) is 0 Å². The van der Waals surface area contributed by atoms with Crippen LogP contribution in [0.2, 0.25) is 0 Å². The van der Waals surface area contributed by atoms with Crippen molar-refractivity contribution >= 4 is 27.0 Å². The third-order valence-electron chi connectivity index (χ3n) is 3.65. The second-order valence-electron chi connectivity index (χ2n) is 5.50. The average Bonchev–Trinajstić information content (AvgIpc) is 2.80. The first kappa shape index (κ1) is 14.1. The van der Waals surface area contributed by atoms with Crippen LogP contribution in [0.4, 0.5) is 0 Å². The molecular weight excluding hydrogens is 328 g/mol. The van der Waals surface area contributed by atoms with Crippen molar-refractivity contribution in [2.24, 2.45) is 0 Å². The third kappa shape index (κ3) is 2.33. The van der Waals surface area contributed by atoms with E-state index < -0.39 is 0 Å². The monoisotopic (exact) mass is 344 g/mol. The first-order chi connectivity index (χ1) is 9.99. The highest BCUT2D eigenvalue weighted by atomic mass is 79.9. The Morgan fingerprint density at radius 3 is 2.67 bits per heavy atom. The van der Waals surface area contributed by atoms with E-state index in [0.29, 0.717) is 5.75 Å². The number of aromatic hydroxyl groups is 1. The Labute approximate surface area is 132 Å². The summed E-state index contributed by atoms with van der Waals surface area (Å²) in [6.07, 6.45) is 0. The summed E-state index contributed by atoms with van der Waals surface area (Å²) in [6.45, 7) is 6.15. The highest BCUT2D eigenvalue weighted by molar-refractivity contribution is 9.10. The zero-order valence-corrected chi connectivity index (χ0v) is 13.8.